The Kier molecular flexibility index (Phi) is 7.13. The maximum absolute atomic E-state index is 5.52. The van der Waals surface area contributed by atoms with Gasteiger partial charge in [0.25, 0.3) is 0 Å². The van der Waals surface area contributed by atoms with E-state index in [4.69, 9.17) is 9.97 Å². The lowest BCUT2D eigenvalue weighted by Crippen LogP contribution is -2.25. The van der Waals surface area contributed by atoms with Crippen LogP contribution in [0, 0.1) is 0 Å². The molecule has 0 saturated heterocycles. The van der Waals surface area contributed by atoms with Gasteiger partial charge in [0.15, 0.2) is 5.82 Å². The van der Waals surface area contributed by atoms with Crippen LogP contribution in [-0.4, -0.2) is 9.97 Å². The number of thiophene rings is 1. The summed E-state index contributed by atoms with van der Waals surface area (Å²) in [7, 11) is 0. The number of fused-ring (bicyclic) bond motifs is 14. The maximum Gasteiger partial charge on any atom is 0.160 e. The zero-order chi connectivity index (χ0) is 39.4. The molecule has 9 aromatic carbocycles. The summed E-state index contributed by atoms with van der Waals surface area (Å²) in [6.07, 6.45) is 0. The molecule has 2 nitrogen and oxygen atoms in total. The van der Waals surface area contributed by atoms with Gasteiger partial charge in [-0.05, 0) is 84.6 Å². The average molecular weight is 779 g/mol. The Morgan fingerprint density at radius 1 is 0.333 bits per heavy atom. The molecule has 0 bridgehead atoms. The summed E-state index contributed by atoms with van der Waals surface area (Å²) >= 11 is 1.84. The van der Waals surface area contributed by atoms with Gasteiger partial charge in [-0.2, -0.15) is 0 Å². The van der Waals surface area contributed by atoms with Gasteiger partial charge < -0.3 is 0 Å². The summed E-state index contributed by atoms with van der Waals surface area (Å²) in [5.74, 6) is 0.710. The Morgan fingerprint density at radius 3 is 1.58 bits per heavy atom. The minimum absolute atomic E-state index is 0.403. The molecule has 3 heteroatoms. The number of rotatable bonds is 4. The second kappa shape index (κ2) is 12.8. The van der Waals surface area contributed by atoms with Gasteiger partial charge in [-0.25, -0.2) is 9.97 Å². The number of hydrogen-bond acceptors (Lipinski definition) is 3. The third-order valence-corrected chi connectivity index (χ3v) is 14.2. The highest BCUT2D eigenvalue weighted by molar-refractivity contribution is 7.26. The van der Waals surface area contributed by atoms with Crippen LogP contribution in [0.5, 0.6) is 0 Å². The van der Waals surface area contributed by atoms with Crippen molar-refractivity contribution in [1.82, 2.24) is 9.97 Å². The first-order chi connectivity index (χ1) is 29.8. The molecule has 11 aromatic rings. The van der Waals surface area contributed by atoms with Crippen LogP contribution in [0.15, 0.2) is 206 Å². The number of hydrogen-bond donors (Lipinski definition) is 0. The molecule has 0 atom stereocenters. The molecule has 2 heterocycles. The first kappa shape index (κ1) is 33.5. The van der Waals surface area contributed by atoms with Crippen LogP contribution in [0.4, 0.5) is 0 Å². The van der Waals surface area contributed by atoms with Crippen LogP contribution >= 0.6 is 11.3 Å². The Balaban J connectivity index is 1.07. The zero-order valence-electron chi connectivity index (χ0n) is 32.4. The molecular weight excluding hydrogens is 745 g/mol. The zero-order valence-corrected chi connectivity index (χ0v) is 33.2. The van der Waals surface area contributed by atoms with E-state index in [2.05, 4.69) is 206 Å². The molecule has 0 fully saturated rings. The minimum atomic E-state index is -0.403. The van der Waals surface area contributed by atoms with E-state index in [1.165, 1.54) is 81.0 Å². The quantitative estimate of drug-likeness (QED) is 0.178. The van der Waals surface area contributed by atoms with E-state index in [0.717, 1.165) is 33.6 Å². The Labute approximate surface area is 351 Å². The summed E-state index contributed by atoms with van der Waals surface area (Å²) in [6.45, 7) is 0. The fourth-order valence-corrected chi connectivity index (χ4v) is 11.7. The average Bonchev–Trinajstić information content (AvgIpc) is 3.95. The largest absolute Gasteiger partial charge is 0.228 e. The van der Waals surface area contributed by atoms with Gasteiger partial charge in [0.05, 0.1) is 16.8 Å². The summed E-state index contributed by atoms with van der Waals surface area (Å²) in [5.41, 5.74) is 17.3. The molecule has 0 aliphatic heterocycles. The third-order valence-electron chi connectivity index (χ3n) is 12.9. The van der Waals surface area contributed by atoms with Crippen molar-refractivity contribution in [3.63, 3.8) is 0 Å². The second-order valence-electron chi connectivity index (χ2n) is 16.0. The van der Waals surface area contributed by atoms with Crippen LogP contribution in [0.2, 0.25) is 0 Å². The molecular formula is C57H34N2S. The highest BCUT2D eigenvalue weighted by Crippen LogP contribution is 2.63. The van der Waals surface area contributed by atoms with E-state index in [1.54, 1.807) is 0 Å². The van der Waals surface area contributed by atoms with Crippen LogP contribution in [0.1, 0.15) is 22.3 Å². The standard InChI is InChI=1S/C57H34N2S/c1-2-17-37-35(15-1)16-13-24-38(37)39-18-3-4-22-43(39)52-34-53(46-26-14-25-45-44-23-8-12-30-54(44)60-55(45)46)59-56(58-52)36-31-32-51-47(33-36)42-21-7-11-29-50(42)57(51)48-27-9-5-19-40(48)41-20-6-10-28-49(41)57/h1-34H. The van der Waals surface area contributed by atoms with Gasteiger partial charge in [0.2, 0.25) is 0 Å². The lowest BCUT2D eigenvalue weighted by atomic mass is 9.70. The molecule has 2 aromatic heterocycles. The van der Waals surface area contributed by atoms with E-state index in [0.29, 0.717) is 5.82 Å². The second-order valence-corrected chi connectivity index (χ2v) is 17.0. The fourth-order valence-electron chi connectivity index (χ4n) is 10.4. The Morgan fingerprint density at radius 2 is 0.833 bits per heavy atom. The third kappa shape index (κ3) is 4.64. The molecule has 60 heavy (non-hydrogen) atoms. The van der Waals surface area contributed by atoms with Gasteiger partial charge in [-0.1, -0.05) is 188 Å². The van der Waals surface area contributed by atoms with Crippen molar-refractivity contribution in [2.45, 2.75) is 5.41 Å². The highest BCUT2D eigenvalue weighted by Gasteiger charge is 2.51. The monoisotopic (exact) mass is 778 g/mol. The molecule has 2 aliphatic rings. The number of aromatic nitrogens is 2. The van der Waals surface area contributed by atoms with Crippen molar-refractivity contribution < 1.29 is 0 Å². The van der Waals surface area contributed by atoms with E-state index in [9.17, 15) is 0 Å². The first-order valence-electron chi connectivity index (χ1n) is 20.6. The molecule has 2 aliphatic carbocycles. The Hall–Kier alpha value is -7.46. The number of benzene rings is 9. The van der Waals surface area contributed by atoms with E-state index in [-0.39, 0.29) is 0 Å². The lowest BCUT2D eigenvalue weighted by molar-refractivity contribution is 0.794. The molecule has 13 rings (SSSR count). The van der Waals surface area contributed by atoms with Gasteiger partial charge in [-0.15, -0.1) is 11.3 Å². The van der Waals surface area contributed by atoms with Crippen LogP contribution in [0.3, 0.4) is 0 Å². The molecule has 0 unspecified atom stereocenters. The summed E-state index contributed by atoms with van der Waals surface area (Å²) < 4.78 is 2.51. The van der Waals surface area contributed by atoms with Crippen molar-refractivity contribution in [2.24, 2.45) is 0 Å². The molecule has 1 spiro atoms. The topological polar surface area (TPSA) is 25.8 Å². The van der Waals surface area contributed by atoms with E-state index in [1.807, 2.05) is 11.3 Å². The summed E-state index contributed by atoms with van der Waals surface area (Å²) in [4.78, 5) is 11.0. The van der Waals surface area contributed by atoms with Crippen molar-refractivity contribution >= 4 is 42.3 Å². The predicted octanol–water partition coefficient (Wildman–Crippen LogP) is 15.0. The molecule has 278 valence electrons. The molecule has 0 radical (unpaired) electrons. The van der Waals surface area contributed by atoms with E-state index < -0.39 is 5.41 Å². The van der Waals surface area contributed by atoms with Crippen molar-refractivity contribution in [3.05, 3.63) is 229 Å². The lowest BCUT2D eigenvalue weighted by Gasteiger charge is -2.30. The van der Waals surface area contributed by atoms with Crippen molar-refractivity contribution in [3.8, 4) is 67.3 Å². The normalized spacial score (nSPS) is 13.1. The fraction of sp³-hybridized carbons (Fsp3) is 0.0175. The van der Waals surface area contributed by atoms with Crippen LogP contribution in [-0.2, 0) is 5.41 Å². The predicted molar refractivity (Wildman–Crippen MR) is 250 cm³/mol. The summed E-state index contributed by atoms with van der Waals surface area (Å²) in [5, 5.41) is 4.96. The first-order valence-corrected chi connectivity index (χ1v) is 21.4. The highest BCUT2D eigenvalue weighted by atomic mass is 32.1. The summed E-state index contributed by atoms with van der Waals surface area (Å²) in [6, 6.07) is 75.4. The van der Waals surface area contributed by atoms with E-state index >= 15 is 0 Å². The van der Waals surface area contributed by atoms with Gasteiger partial charge >= 0.3 is 0 Å². The van der Waals surface area contributed by atoms with Gasteiger partial charge in [0.1, 0.15) is 0 Å². The maximum atomic E-state index is 5.52. The molecule has 0 saturated carbocycles. The van der Waals surface area contributed by atoms with Crippen molar-refractivity contribution in [1.29, 1.82) is 0 Å². The SMILES string of the molecule is c1ccc(-c2cccc3ccccc23)c(-c2cc(-c3cccc4c3sc3ccccc34)nc(-c3ccc4c(c3)-c3ccccc3C43c4ccccc4-c4ccccc43)n2)c1. The van der Waals surface area contributed by atoms with Gasteiger partial charge in [0, 0.05) is 36.9 Å². The molecule has 0 N–H and O–H groups in total. The number of nitrogens with zero attached hydrogens (tertiary/aromatic N) is 2. The van der Waals surface area contributed by atoms with Crippen molar-refractivity contribution in [2.75, 3.05) is 0 Å². The van der Waals surface area contributed by atoms with Crippen LogP contribution in [0.25, 0.3) is 98.2 Å². The Bertz CT molecular complexity index is 3520. The molecule has 0 amide bonds. The van der Waals surface area contributed by atoms with Crippen LogP contribution < -0.4 is 0 Å². The van der Waals surface area contributed by atoms with Gasteiger partial charge in [-0.3, -0.25) is 0 Å². The minimum Gasteiger partial charge on any atom is -0.228 e. The smallest absolute Gasteiger partial charge is 0.160 e.